The zero-order chi connectivity index (χ0) is 44.4. The highest BCUT2D eigenvalue weighted by molar-refractivity contribution is 6.30. The number of carbonyl (C=O) groups excluding carboxylic acids is 2. The zero-order valence-electron chi connectivity index (χ0n) is 36.7. The first-order valence-corrected chi connectivity index (χ1v) is 21.4. The third-order valence-electron chi connectivity index (χ3n) is 10.5. The van der Waals surface area contributed by atoms with E-state index in [9.17, 15) is 9.59 Å². The van der Waals surface area contributed by atoms with Crippen LogP contribution in [0.1, 0.15) is 85.5 Å². The maximum atomic E-state index is 13.8. The topological polar surface area (TPSA) is 187 Å². The highest BCUT2D eigenvalue weighted by Gasteiger charge is 2.56. The van der Waals surface area contributed by atoms with E-state index in [-0.39, 0.29) is 5.82 Å². The highest BCUT2D eigenvalue weighted by Crippen LogP contribution is 2.44. The van der Waals surface area contributed by atoms with E-state index >= 15 is 0 Å². The number of hydrogen-bond donors (Lipinski definition) is 2. The number of anilines is 1. The molecule has 3 N–H and O–H groups in total. The van der Waals surface area contributed by atoms with Gasteiger partial charge in [0.05, 0.1) is 12.4 Å². The summed E-state index contributed by atoms with van der Waals surface area (Å²) in [6.45, 7) is 16.6. The van der Waals surface area contributed by atoms with E-state index in [4.69, 9.17) is 50.5 Å². The van der Waals surface area contributed by atoms with Crippen LogP contribution in [0, 0.1) is 0 Å². The smallest absolute Gasteiger partial charge is 0.410 e. The van der Waals surface area contributed by atoms with Gasteiger partial charge in [-0.1, -0.05) is 54.1 Å². The number of nitrogen functional groups attached to an aromatic ring is 1. The lowest BCUT2D eigenvalue weighted by atomic mass is 10.1. The summed E-state index contributed by atoms with van der Waals surface area (Å²) in [5.41, 5.74) is 7.57. The van der Waals surface area contributed by atoms with Crippen LogP contribution < -0.4 is 11.1 Å². The van der Waals surface area contributed by atoms with Crippen molar-refractivity contribution in [3.63, 3.8) is 0 Å². The first-order valence-electron chi connectivity index (χ1n) is 21.0. The van der Waals surface area contributed by atoms with Gasteiger partial charge in [0, 0.05) is 43.3 Å². The molecule has 5 atom stereocenters. The molecule has 2 amide bonds. The summed E-state index contributed by atoms with van der Waals surface area (Å²) < 4.78 is 45.7. The van der Waals surface area contributed by atoms with E-state index in [1.165, 1.54) is 6.33 Å². The zero-order valence-corrected chi connectivity index (χ0v) is 37.4. The number of carbonyl (C=O) groups is 2. The van der Waals surface area contributed by atoms with Crippen molar-refractivity contribution >= 4 is 40.8 Å². The average molecular weight is 879 g/mol. The molecule has 2 aromatic carbocycles. The van der Waals surface area contributed by atoms with Gasteiger partial charge in [0.25, 0.3) is 0 Å². The van der Waals surface area contributed by atoms with Crippen molar-refractivity contribution in [2.75, 3.05) is 38.5 Å². The minimum Gasteiger partial charge on any atom is -0.444 e. The normalized spacial score (nSPS) is 23.8. The Morgan fingerprint density at radius 3 is 2.27 bits per heavy atom. The quantitative estimate of drug-likeness (QED) is 0.130. The molecule has 3 saturated heterocycles. The molecule has 0 unspecified atom stereocenters. The van der Waals surface area contributed by atoms with Crippen molar-refractivity contribution in [2.45, 2.75) is 128 Å². The van der Waals surface area contributed by atoms with E-state index in [1.807, 2.05) is 89.2 Å². The summed E-state index contributed by atoms with van der Waals surface area (Å²) in [7, 11) is 0. The Bertz CT molecular complexity index is 2140. The number of nitrogens with two attached hydrogens (primary N) is 1. The number of alkyl carbamates (subject to hydrolysis) is 1. The summed E-state index contributed by atoms with van der Waals surface area (Å²) in [5, 5.41) is 3.64. The average Bonchev–Trinajstić information content (AvgIpc) is 3.83. The van der Waals surface area contributed by atoms with Crippen LogP contribution in [0.25, 0.3) is 11.2 Å². The molecule has 7 rings (SSSR count). The fourth-order valence-electron chi connectivity index (χ4n) is 7.70. The Kier molecular flexibility index (Phi) is 13.6. The van der Waals surface area contributed by atoms with Crippen LogP contribution >= 0.6 is 11.6 Å². The SMILES string of the molecule is CC(C)(C)OC(=O)N[C@@H](CCN(CCN(CCc1ccc(Cl)cc1)C(=O)OC(C)(C)C)C[C@H]1O[C@@H](n2cnc3c(N)ncnc32)[C@@H]2OC(C)(C)O[C@@H]21)C1OC(c2ccccc2)O1. The van der Waals surface area contributed by atoms with Crippen LogP contribution in [-0.2, 0) is 39.6 Å². The number of nitrogens with one attached hydrogen (secondary N) is 1. The minimum absolute atomic E-state index is 0.254. The van der Waals surface area contributed by atoms with Crippen molar-refractivity contribution in [2.24, 2.45) is 0 Å². The van der Waals surface area contributed by atoms with Gasteiger partial charge in [0.2, 0.25) is 0 Å². The van der Waals surface area contributed by atoms with Gasteiger partial charge in [0.15, 0.2) is 36.1 Å². The molecule has 3 aliphatic rings. The first kappa shape index (κ1) is 45.4. The maximum absolute atomic E-state index is 13.8. The first-order chi connectivity index (χ1) is 29.3. The summed E-state index contributed by atoms with van der Waals surface area (Å²) in [4.78, 5) is 44.0. The molecule has 62 heavy (non-hydrogen) atoms. The lowest BCUT2D eigenvalue weighted by Gasteiger charge is -2.41. The Morgan fingerprint density at radius 1 is 0.887 bits per heavy atom. The molecular weight excluding hydrogens is 820 g/mol. The lowest BCUT2D eigenvalue weighted by Crippen LogP contribution is -2.54. The van der Waals surface area contributed by atoms with Crippen molar-refractivity contribution < 1.29 is 42.7 Å². The van der Waals surface area contributed by atoms with E-state index < -0.39 is 72.3 Å². The Morgan fingerprint density at radius 2 is 1.58 bits per heavy atom. The van der Waals surface area contributed by atoms with Crippen LogP contribution in [0.5, 0.6) is 0 Å². The number of amides is 2. The van der Waals surface area contributed by atoms with Crippen molar-refractivity contribution in [3.05, 3.63) is 83.4 Å². The predicted octanol–water partition coefficient (Wildman–Crippen LogP) is 6.62. The second-order valence-electron chi connectivity index (χ2n) is 18.3. The third-order valence-corrected chi connectivity index (χ3v) is 10.8. The number of ether oxygens (including phenoxy) is 7. The van der Waals surface area contributed by atoms with Crippen LogP contribution in [0.15, 0.2) is 67.3 Å². The van der Waals surface area contributed by atoms with Gasteiger partial charge >= 0.3 is 12.2 Å². The lowest BCUT2D eigenvalue weighted by molar-refractivity contribution is -0.397. The number of fused-ring (bicyclic) bond motifs is 2. The molecule has 0 radical (unpaired) electrons. The van der Waals surface area contributed by atoms with Crippen LogP contribution in [0.4, 0.5) is 15.4 Å². The monoisotopic (exact) mass is 878 g/mol. The number of benzene rings is 2. The summed E-state index contributed by atoms with van der Waals surface area (Å²) in [6.07, 6.45) is -0.534. The van der Waals surface area contributed by atoms with Gasteiger partial charge in [0.1, 0.15) is 41.4 Å². The second kappa shape index (κ2) is 18.6. The molecule has 0 bridgehead atoms. The summed E-state index contributed by atoms with van der Waals surface area (Å²) in [6, 6.07) is 16.6. The molecule has 336 valence electrons. The summed E-state index contributed by atoms with van der Waals surface area (Å²) >= 11 is 6.17. The van der Waals surface area contributed by atoms with Gasteiger partial charge in [-0.2, -0.15) is 0 Å². The predicted molar refractivity (Wildman–Crippen MR) is 230 cm³/mol. The molecule has 0 aliphatic carbocycles. The molecule has 5 heterocycles. The minimum atomic E-state index is -0.906. The molecule has 0 saturated carbocycles. The van der Waals surface area contributed by atoms with Crippen LogP contribution in [0.3, 0.4) is 0 Å². The largest absolute Gasteiger partial charge is 0.444 e. The van der Waals surface area contributed by atoms with Crippen molar-refractivity contribution in [3.8, 4) is 0 Å². The van der Waals surface area contributed by atoms with Gasteiger partial charge in [-0.3, -0.25) is 9.47 Å². The van der Waals surface area contributed by atoms with Crippen LogP contribution in [0.2, 0.25) is 5.02 Å². The molecular formula is C44H59ClN8O9. The Hall–Kier alpha value is -4.62. The number of nitrogens with zero attached hydrogens (tertiary/aromatic N) is 6. The van der Waals surface area contributed by atoms with Crippen LogP contribution in [-0.4, -0.2) is 122 Å². The molecule has 0 spiro atoms. The number of halogens is 1. The second-order valence-corrected chi connectivity index (χ2v) is 18.7. The Labute approximate surface area is 367 Å². The maximum Gasteiger partial charge on any atom is 0.410 e. The molecule has 18 heteroatoms. The number of imidazole rings is 1. The molecule has 2 aromatic heterocycles. The Balaban J connectivity index is 1.14. The van der Waals surface area contributed by atoms with E-state index in [0.717, 1.165) is 11.1 Å². The summed E-state index contributed by atoms with van der Waals surface area (Å²) in [5.74, 6) is -0.652. The van der Waals surface area contributed by atoms with Gasteiger partial charge in [-0.05, 0) is 85.9 Å². The van der Waals surface area contributed by atoms with E-state index in [0.29, 0.717) is 61.8 Å². The number of hydrogen-bond acceptors (Lipinski definition) is 14. The molecule has 17 nitrogen and oxygen atoms in total. The number of rotatable bonds is 15. The fraction of sp³-hybridized carbons (Fsp3) is 0.568. The molecule has 4 aromatic rings. The highest BCUT2D eigenvalue weighted by atomic mass is 35.5. The number of aromatic nitrogens is 4. The molecule has 3 aliphatic heterocycles. The van der Waals surface area contributed by atoms with E-state index in [2.05, 4.69) is 25.2 Å². The van der Waals surface area contributed by atoms with Gasteiger partial charge in [-0.15, -0.1) is 0 Å². The molecule has 3 fully saturated rings. The standard InChI is InChI=1S/C44H59ClN8O9/c1-42(2,3)61-40(54)50-30(39-57-38(58-39)28-12-10-9-11-13-28)19-20-51(22-23-52(41(55)62-43(4,5)6)21-18-27-14-16-29(45)17-15-27)24-31-33-34(60-44(7,8)59-33)37(56-31)53-26-49-32-35(46)47-25-48-36(32)53/h9-17,25-26,30-31,33-34,37-39H,18-24H2,1-8H3,(H,50,54)(H2,46,47,48)/t30-,31+,33+,34+,37+,38?,39?/m0/s1. The van der Waals surface area contributed by atoms with E-state index in [1.54, 1.807) is 36.6 Å². The van der Waals surface area contributed by atoms with Crippen molar-refractivity contribution in [1.82, 2.24) is 34.6 Å². The van der Waals surface area contributed by atoms with Crippen molar-refractivity contribution in [1.29, 1.82) is 0 Å². The fourth-order valence-corrected chi connectivity index (χ4v) is 7.83. The third kappa shape index (κ3) is 11.5. The van der Waals surface area contributed by atoms with Gasteiger partial charge in [-0.25, -0.2) is 24.5 Å². The van der Waals surface area contributed by atoms with Gasteiger partial charge < -0.3 is 49.1 Å².